The first-order valence-electron chi connectivity index (χ1n) is 11.3. The van der Waals surface area contributed by atoms with Crippen LogP contribution in [0.5, 0.6) is 17.2 Å². The van der Waals surface area contributed by atoms with Gasteiger partial charge in [0.1, 0.15) is 6.04 Å². The molecular weight excluding hydrogens is 649 g/mol. The Hall–Kier alpha value is -2.59. The van der Waals surface area contributed by atoms with Crippen molar-refractivity contribution in [3.05, 3.63) is 77.2 Å². The Labute approximate surface area is 258 Å². The van der Waals surface area contributed by atoms with Gasteiger partial charge in [-0.05, 0) is 35.9 Å². The van der Waals surface area contributed by atoms with E-state index in [0.717, 1.165) is 4.90 Å². The third kappa shape index (κ3) is 4.24. The molecule has 0 unspecified atom stereocenters. The van der Waals surface area contributed by atoms with Crippen LogP contribution < -0.4 is 19.1 Å². The van der Waals surface area contributed by atoms with Gasteiger partial charge in [0.2, 0.25) is 5.75 Å². The van der Waals surface area contributed by atoms with Crippen molar-refractivity contribution in [2.24, 2.45) is 0 Å². The summed E-state index contributed by atoms with van der Waals surface area (Å²) in [7, 11) is 4.31. The highest BCUT2D eigenvalue weighted by Gasteiger charge is 2.58. The second-order valence-corrected chi connectivity index (χ2v) is 11.1. The Balaban J connectivity index is 1.70. The lowest BCUT2D eigenvalue weighted by Crippen LogP contribution is -2.67. The number of fused-ring (bicyclic) bond motifs is 1. The predicted octanol–water partition coefficient (Wildman–Crippen LogP) is 7.39. The quantitative estimate of drug-likeness (QED) is 0.118. The van der Waals surface area contributed by atoms with E-state index >= 15 is 0 Å². The summed E-state index contributed by atoms with van der Waals surface area (Å²) in [5, 5.41) is -0.335. The number of anilines is 1. The molecule has 3 aromatic carbocycles. The van der Waals surface area contributed by atoms with Gasteiger partial charge < -0.3 is 19.1 Å². The third-order valence-corrected chi connectivity index (χ3v) is 8.87. The summed E-state index contributed by atoms with van der Waals surface area (Å²) in [5.41, 5.74) is 0.287. The number of methoxy groups -OCH3 is 3. The maximum atomic E-state index is 13.8. The smallest absolute Gasteiger partial charge is 0.264 e. The van der Waals surface area contributed by atoms with Crippen LogP contribution in [0, 0.1) is 0 Å². The molecule has 208 valence electrons. The second kappa shape index (κ2) is 10.7. The number of carbonyl (C=O) groups is 3. The Morgan fingerprint density at radius 2 is 1.07 bits per heavy atom. The zero-order valence-corrected chi connectivity index (χ0v) is 25.2. The van der Waals surface area contributed by atoms with Gasteiger partial charge in [0, 0.05) is 15.7 Å². The van der Waals surface area contributed by atoms with Crippen LogP contribution in [0.1, 0.15) is 32.3 Å². The average molecular weight is 665 g/mol. The van der Waals surface area contributed by atoms with Crippen molar-refractivity contribution < 1.29 is 28.6 Å². The van der Waals surface area contributed by atoms with Crippen LogP contribution >= 0.6 is 69.6 Å². The minimum atomic E-state index is -1.34. The van der Waals surface area contributed by atoms with Crippen LogP contribution in [-0.4, -0.2) is 50.0 Å². The first kappa shape index (κ1) is 28.9. The summed E-state index contributed by atoms with van der Waals surface area (Å²) in [6.45, 7) is 0. The Kier molecular flexibility index (Phi) is 7.72. The average Bonchev–Trinajstić information content (AvgIpc) is 3.17. The number of nitrogens with zero attached hydrogens (tertiary/aromatic N) is 2. The maximum Gasteiger partial charge on any atom is 0.264 e. The highest BCUT2D eigenvalue weighted by molar-refractivity contribution is 6.55. The fourth-order valence-corrected chi connectivity index (χ4v) is 6.44. The minimum Gasteiger partial charge on any atom is -0.493 e. The van der Waals surface area contributed by atoms with Crippen molar-refractivity contribution in [1.82, 2.24) is 4.90 Å². The molecular formula is C26H16Cl6N2O6. The summed E-state index contributed by atoms with van der Waals surface area (Å²) in [4.78, 5) is 43.3. The Morgan fingerprint density at radius 3 is 1.50 bits per heavy atom. The Bertz CT molecular complexity index is 1540. The largest absolute Gasteiger partial charge is 0.493 e. The van der Waals surface area contributed by atoms with E-state index in [2.05, 4.69) is 0 Å². The number of rotatable bonds is 6. The van der Waals surface area contributed by atoms with E-state index in [1.165, 1.54) is 44.4 Å². The van der Waals surface area contributed by atoms with Gasteiger partial charge in [-0.15, -0.1) is 0 Å². The summed E-state index contributed by atoms with van der Waals surface area (Å²) in [5.74, 6) is -1.44. The molecule has 3 aromatic rings. The normalized spacial score (nSPS) is 18.2. The van der Waals surface area contributed by atoms with Crippen molar-refractivity contribution >= 4 is 93.0 Å². The van der Waals surface area contributed by atoms with Crippen molar-refractivity contribution in [3.8, 4) is 17.2 Å². The van der Waals surface area contributed by atoms with E-state index in [1.807, 2.05) is 0 Å². The molecule has 0 saturated carbocycles. The highest BCUT2D eigenvalue weighted by Crippen LogP contribution is 2.51. The molecule has 0 aliphatic carbocycles. The van der Waals surface area contributed by atoms with Gasteiger partial charge in [-0.3, -0.25) is 19.3 Å². The lowest BCUT2D eigenvalue weighted by atomic mass is 9.86. The molecule has 14 heteroatoms. The fourth-order valence-electron chi connectivity index (χ4n) is 4.91. The van der Waals surface area contributed by atoms with Gasteiger partial charge in [-0.25, -0.2) is 0 Å². The molecule has 0 spiro atoms. The molecule has 2 aliphatic rings. The van der Waals surface area contributed by atoms with E-state index in [4.69, 9.17) is 83.8 Å². The van der Waals surface area contributed by atoms with Crippen molar-refractivity contribution in [2.45, 2.75) is 12.1 Å². The Morgan fingerprint density at radius 1 is 0.600 bits per heavy atom. The predicted molar refractivity (Wildman–Crippen MR) is 154 cm³/mol. The van der Waals surface area contributed by atoms with E-state index in [9.17, 15) is 14.4 Å². The second-order valence-electron chi connectivity index (χ2n) is 8.67. The summed E-state index contributed by atoms with van der Waals surface area (Å²) >= 11 is 37.4. The molecule has 2 heterocycles. The number of β-lactam (4-membered cyclic amide) rings is 1. The molecule has 0 bridgehead atoms. The van der Waals surface area contributed by atoms with E-state index in [0.29, 0.717) is 17.0 Å². The maximum absolute atomic E-state index is 13.8. The number of benzene rings is 3. The summed E-state index contributed by atoms with van der Waals surface area (Å²) in [6.07, 6.45) is 0. The molecule has 2 atom stereocenters. The van der Waals surface area contributed by atoms with Gasteiger partial charge in [-0.2, -0.15) is 0 Å². The van der Waals surface area contributed by atoms with Crippen LogP contribution in [0.4, 0.5) is 5.69 Å². The molecule has 8 nitrogen and oxygen atoms in total. The topological polar surface area (TPSA) is 85.4 Å². The van der Waals surface area contributed by atoms with E-state index in [-0.39, 0.29) is 52.8 Å². The number of ether oxygens (including phenoxy) is 3. The molecule has 0 N–H and O–H groups in total. The molecule has 3 amide bonds. The first-order chi connectivity index (χ1) is 19.0. The molecule has 0 aromatic heterocycles. The van der Waals surface area contributed by atoms with Crippen molar-refractivity contribution in [2.75, 3.05) is 26.2 Å². The monoisotopic (exact) mass is 662 g/mol. The number of halogens is 6. The van der Waals surface area contributed by atoms with Gasteiger partial charge in [0.15, 0.2) is 11.5 Å². The van der Waals surface area contributed by atoms with Crippen LogP contribution in [0.15, 0.2) is 30.3 Å². The summed E-state index contributed by atoms with van der Waals surface area (Å²) < 4.78 is 16.4. The lowest BCUT2D eigenvalue weighted by Gasteiger charge is -2.50. The van der Waals surface area contributed by atoms with E-state index in [1.54, 1.807) is 12.1 Å². The molecule has 0 radical (unpaired) electrons. The van der Waals surface area contributed by atoms with Crippen LogP contribution in [0.25, 0.3) is 0 Å². The van der Waals surface area contributed by atoms with Gasteiger partial charge >= 0.3 is 0 Å². The lowest BCUT2D eigenvalue weighted by molar-refractivity contribution is -0.130. The molecule has 1 fully saturated rings. The molecule has 5 rings (SSSR count). The number of amides is 3. The number of imide groups is 1. The number of carbonyl (C=O) groups excluding carboxylic acids is 3. The molecule has 40 heavy (non-hydrogen) atoms. The van der Waals surface area contributed by atoms with Gasteiger partial charge in [-0.1, -0.05) is 69.6 Å². The SMILES string of the molecule is COc1cc([C@@H]2[C@@H](N3C(=O)c4c(Cl)c(Cl)c(Cl)c(Cl)c4C3=O)C(=O)N2c2cc(Cl)cc(Cl)c2)cc(OC)c1OC. The standard InChI is InChI=1S/C26H16Cl6N2O6/c1-38-13-4-9(5-14(39-2)23(13)40-3)21-22(26(37)33(21)12-7-10(27)6-11(28)8-12)34-24(35)15-16(25(34)36)18(30)20(32)19(31)17(15)29/h4-8,21-22H,1-3H3/t21-,22-/m1/s1. The van der Waals surface area contributed by atoms with Crippen LogP contribution in [0.3, 0.4) is 0 Å². The molecule has 1 saturated heterocycles. The number of hydrogen-bond acceptors (Lipinski definition) is 6. The van der Waals surface area contributed by atoms with Crippen LogP contribution in [0.2, 0.25) is 30.1 Å². The van der Waals surface area contributed by atoms with Crippen molar-refractivity contribution in [3.63, 3.8) is 0 Å². The zero-order chi connectivity index (χ0) is 29.2. The first-order valence-corrected chi connectivity index (χ1v) is 13.6. The van der Waals surface area contributed by atoms with Gasteiger partial charge in [0.05, 0.1) is 58.6 Å². The minimum absolute atomic E-state index is 0.189. The highest BCUT2D eigenvalue weighted by atomic mass is 35.5. The third-order valence-electron chi connectivity index (χ3n) is 6.63. The van der Waals surface area contributed by atoms with Crippen LogP contribution in [-0.2, 0) is 4.79 Å². The fraction of sp³-hybridized carbons (Fsp3) is 0.192. The van der Waals surface area contributed by atoms with Crippen molar-refractivity contribution in [1.29, 1.82) is 0 Å². The van der Waals surface area contributed by atoms with Gasteiger partial charge in [0.25, 0.3) is 17.7 Å². The van der Waals surface area contributed by atoms with E-state index < -0.39 is 29.8 Å². The zero-order valence-electron chi connectivity index (χ0n) is 20.7. The summed E-state index contributed by atoms with van der Waals surface area (Å²) in [6, 6.07) is 5.50. The molecule has 2 aliphatic heterocycles. The number of hydrogen-bond donors (Lipinski definition) is 0.